The summed E-state index contributed by atoms with van der Waals surface area (Å²) in [7, 11) is 0. The molecule has 1 N–H and O–H groups in total. The molecule has 3 heterocycles. The highest BCUT2D eigenvalue weighted by molar-refractivity contribution is 6.00. The Labute approximate surface area is 195 Å². The van der Waals surface area contributed by atoms with E-state index in [0.717, 1.165) is 22.4 Å². The Bertz CT molecular complexity index is 1580. The van der Waals surface area contributed by atoms with Gasteiger partial charge in [-0.15, -0.1) is 5.10 Å². The number of Topliss-reactive ketones (excluding diaryl/α,β-unsaturated/α-hetero) is 1. The molecule has 0 aliphatic rings. The number of fused-ring (bicyclic) bond motifs is 1. The number of nitrogens with one attached hydrogen (secondary N) is 1. The number of aromatic nitrogens is 5. The van der Waals surface area contributed by atoms with Gasteiger partial charge in [-0.2, -0.15) is 10.4 Å². The Morgan fingerprint density at radius 1 is 1.03 bits per heavy atom. The number of carbonyl (C=O) groups excluding carboxylic acids is 1. The summed E-state index contributed by atoms with van der Waals surface area (Å²) in [6.45, 7) is 3.38. The zero-order valence-electron chi connectivity index (χ0n) is 18.5. The summed E-state index contributed by atoms with van der Waals surface area (Å²) >= 11 is 0. The number of ketones is 1. The van der Waals surface area contributed by atoms with Crippen LogP contribution in [0, 0.1) is 18.3 Å². The second kappa shape index (κ2) is 8.56. The Balaban J connectivity index is 1.56. The van der Waals surface area contributed by atoms with Gasteiger partial charge in [-0.05, 0) is 62.4 Å². The van der Waals surface area contributed by atoms with Gasteiger partial charge in [-0.25, -0.2) is 9.97 Å². The predicted octanol–water partition coefficient (Wildman–Crippen LogP) is 5.00. The molecule has 0 saturated carbocycles. The number of nitriles is 1. The number of benzene rings is 2. The first-order chi connectivity index (χ1) is 16.5. The third-order valence-electron chi connectivity index (χ3n) is 5.43. The Hall–Kier alpha value is -4.90. The Morgan fingerprint density at radius 2 is 1.88 bits per heavy atom. The maximum atomic E-state index is 12.3. The van der Waals surface area contributed by atoms with Crippen molar-refractivity contribution in [1.82, 2.24) is 24.7 Å². The number of carbonyl (C=O) groups is 1. The average Bonchev–Trinajstić information content (AvgIpc) is 3.28. The first-order valence-electron chi connectivity index (χ1n) is 10.6. The number of rotatable bonds is 5. The van der Waals surface area contributed by atoms with Crippen LogP contribution >= 0.6 is 0 Å². The third-order valence-corrected chi connectivity index (χ3v) is 5.43. The quantitative estimate of drug-likeness (QED) is 0.379. The van der Waals surface area contributed by atoms with Crippen molar-refractivity contribution < 1.29 is 4.79 Å². The van der Waals surface area contributed by atoms with Crippen molar-refractivity contribution in [3.05, 3.63) is 89.9 Å². The lowest BCUT2D eigenvalue weighted by Crippen LogP contribution is -2.04. The van der Waals surface area contributed by atoms with Gasteiger partial charge in [0.1, 0.15) is 12.1 Å². The number of nitrogens with zero attached hydrogens (tertiary/aromatic N) is 6. The maximum absolute atomic E-state index is 12.3. The maximum Gasteiger partial charge on any atom is 0.161 e. The lowest BCUT2D eigenvalue weighted by atomic mass is 9.99. The molecule has 0 radical (unpaired) electrons. The molecule has 0 amide bonds. The van der Waals surface area contributed by atoms with Gasteiger partial charge in [0.05, 0.1) is 34.1 Å². The van der Waals surface area contributed by atoms with E-state index in [1.165, 1.54) is 6.92 Å². The lowest BCUT2D eigenvalue weighted by molar-refractivity contribution is 0.101. The molecule has 0 saturated heterocycles. The fraction of sp³-hybridized carbons (Fsp3) is 0.0769. The van der Waals surface area contributed by atoms with Crippen LogP contribution in [0.3, 0.4) is 0 Å². The largest absolute Gasteiger partial charge is 0.339 e. The zero-order chi connectivity index (χ0) is 23.7. The van der Waals surface area contributed by atoms with Gasteiger partial charge >= 0.3 is 0 Å². The summed E-state index contributed by atoms with van der Waals surface area (Å²) in [6, 6.07) is 22.4. The molecule has 8 nitrogen and oxygen atoms in total. The van der Waals surface area contributed by atoms with Crippen molar-refractivity contribution in [3.8, 4) is 23.1 Å². The molecule has 34 heavy (non-hydrogen) atoms. The van der Waals surface area contributed by atoms with Gasteiger partial charge in [0.25, 0.3) is 0 Å². The van der Waals surface area contributed by atoms with Crippen LogP contribution in [-0.4, -0.2) is 30.5 Å². The number of hydrogen-bond donors (Lipinski definition) is 1. The Morgan fingerprint density at radius 3 is 2.65 bits per heavy atom. The monoisotopic (exact) mass is 445 g/mol. The minimum atomic E-state index is -0.118. The highest BCUT2D eigenvalue weighted by Gasteiger charge is 2.17. The molecular formula is C26H19N7O. The summed E-state index contributed by atoms with van der Waals surface area (Å²) in [5.74, 6) is 1.12. The number of pyridine rings is 1. The molecule has 0 atom stereocenters. The molecule has 0 spiro atoms. The van der Waals surface area contributed by atoms with Crippen LogP contribution in [0.25, 0.3) is 28.1 Å². The summed E-state index contributed by atoms with van der Waals surface area (Å²) in [4.78, 5) is 21.6. The van der Waals surface area contributed by atoms with Crippen molar-refractivity contribution >= 4 is 28.3 Å². The number of imidazole rings is 1. The van der Waals surface area contributed by atoms with Gasteiger partial charge < -0.3 is 5.32 Å². The minimum Gasteiger partial charge on any atom is -0.339 e. The predicted molar refractivity (Wildman–Crippen MR) is 129 cm³/mol. The molecule has 0 aliphatic carbocycles. The van der Waals surface area contributed by atoms with E-state index >= 15 is 0 Å². The molecule has 5 aromatic rings. The fourth-order valence-electron chi connectivity index (χ4n) is 3.75. The molecular weight excluding hydrogens is 426 g/mol. The van der Waals surface area contributed by atoms with Crippen LogP contribution in [0.15, 0.2) is 73.1 Å². The summed E-state index contributed by atoms with van der Waals surface area (Å²) in [5.41, 5.74) is 5.30. The van der Waals surface area contributed by atoms with Crippen molar-refractivity contribution in [2.45, 2.75) is 13.8 Å². The molecule has 8 heteroatoms. The molecule has 5 rings (SSSR count). The number of anilines is 2. The van der Waals surface area contributed by atoms with E-state index in [0.29, 0.717) is 34.0 Å². The highest BCUT2D eigenvalue weighted by Crippen LogP contribution is 2.28. The first kappa shape index (κ1) is 21.0. The molecule has 2 aromatic carbocycles. The van der Waals surface area contributed by atoms with Gasteiger partial charge in [0.15, 0.2) is 11.6 Å². The first-order valence-corrected chi connectivity index (χ1v) is 10.6. The van der Waals surface area contributed by atoms with Gasteiger partial charge in [0, 0.05) is 16.8 Å². The lowest BCUT2D eigenvalue weighted by Gasteiger charge is -2.12. The molecule has 0 unspecified atom stereocenters. The van der Waals surface area contributed by atoms with Crippen molar-refractivity contribution in [3.63, 3.8) is 0 Å². The molecule has 0 fully saturated rings. The molecule has 3 aromatic heterocycles. The summed E-state index contributed by atoms with van der Waals surface area (Å²) < 4.78 is 1.85. The topological polar surface area (TPSA) is 109 Å². The Kier molecular flexibility index (Phi) is 5.28. The highest BCUT2D eigenvalue weighted by atomic mass is 16.1. The van der Waals surface area contributed by atoms with Crippen LogP contribution in [-0.2, 0) is 0 Å². The smallest absolute Gasteiger partial charge is 0.161 e. The van der Waals surface area contributed by atoms with E-state index in [1.54, 1.807) is 36.7 Å². The molecule has 0 bridgehead atoms. The average molecular weight is 445 g/mol. The van der Waals surface area contributed by atoms with Crippen molar-refractivity contribution in [2.24, 2.45) is 0 Å². The number of aryl methyl sites for hydroxylation is 1. The second-order valence-corrected chi connectivity index (χ2v) is 7.78. The number of hydrogen-bond acceptors (Lipinski definition) is 7. The van der Waals surface area contributed by atoms with Gasteiger partial charge in [-0.1, -0.05) is 18.2 Å². The molecule has 164 valence electrons. The van der Waals surface area contributed by atoms with E-state index in [-0.39, 0.29) is 5.78 Å². The van der Waals surface area contributed by atoms with Crippen LogP contribution < -0.4 is 5.32 Å². The minimum absolute atomic E-state index is 0.118. The van der Waals surface area contributed by atoms with E-state index in [4.69, 9.17) is 4.98 Å². The van der Waals surface area contributed by atoms with Gasteiger partial charge in [-0.3, -0.25) is 9.36 Å². The zero-order valence-corrected chi connectivity index (χ0v) is 18.5. The van der Waals surface area contributed by atoms with E-state index < -0.39 is 0 Å². The molecule has 0 aliphatic heterocycles. The second-order valence-electron chi connectivity index (χ2n) is 7.78. The summed E-state index contributed by atoms with van der Waals surface area (Å²) in [5, 5.41) is 21.0. The van der Waals surface area contributed by atoms with E-state index in [9.17, 15) is 10.1 Å². The van der Waals surface area contributed by atoms with E-state index in [2.05, 4.69) is 26.6 Å². The SMILES string of the molecule is CC(=O)c1ccc(-n2cnc3cc(Nc4ccc(C)nn4)ccc32)nc1-c1ccccc1C#N. The fourth-order valence-corrected chi connectivity index (χ4v) is 3.75. The third kappa shape index (κ3) is 3.87. The van der Waals surface area contributed by atoms with Crippen LogP contribution in [0.5, 0.6) is 0 Å². The van der Waals surface area contributed by atoms with Crippen LogP contribution in [0.1, 0.15) is 28.5 Å². The standard InChI is InChI=1S/C26H19N7O/c1-16-7-11-24(32-31-16)29-19-8-10-23-22(13-19)28-15-33(23)25-12-9-20(17(2)34)26(30-25)21-6-4-3-5-18(21)14-27/h3-13,15H,1-2H3,(H,29,32). The van der Waals surface area contributed by atoms with Crippen molar-refractivity contribution in [1.29, 1.82) is 5.26 Å². The van der Waals surface area contributed by atoms with Gasteiger partial charge in [0.2, 0.25) is 0 Å². The normalized spacial score (nSPS) is 10.7. The van der Waals surface area contributed by atoms with Crippen LogP contribution in [0.4, 0.5) is 11.5 Å². The van der Waals surface area contributed by atoms with E-state index in [1.807, 2.05) is 47.9 Å². The van der Waals surface area contributed by atoms with Crippen molar-refractivity contribution in [2.75, 3.05) is 5.32 Å². The van der Waals surface area contributed by atoms with Crippen LogP contribution in [0.2, 0.25) is 0 Å². The summed E-state index contributed by atoms with van der Waals surface area (Å²) in [6.07, 6.45) is 1.69.